The second-order valence-electron chi connectivity index (χ2n) is 3.29. The fourth-order valence-electron chi connectivity index (χ4n) is 1.33. The van der Waals surface area contributed by atoms with Crippen molar-refractivity contribution in [2.75, 3.05) is 19.3 Å². The topological polar surface area (TPSA) is 94.1 Å². The van der Waals surface area contributed by atoms with Gasteiger partial charge in [0.15, 0.2) is 0 Å². The summed E-state index contributed by atoms with van der Waals surface area (Å²) in [4.78, 5) is 14.1. The number of nitrogen functional groups attached to an aromatic ring is 1. The Morgan fingerprint density at radius 1 is 1.69 bits per heavy atom. The molecule has 1 heterocycles. The lowest BCUT2D eigenvalue weighted by molar-refractivity contribution is -0.384. The third kappa shape index (κ3) is 2.54. The van der Waals surface area contributed by atoms with Crippen molar-refractivity contribution in [3.63, 3.8) is 0 Å². The molecule has 6 nitrogen and oxygen atoms in total. The van der Waals surface area contributed by atoms with Crippen LogP contribution >= 0.6 is 0 Å². The van der Waals surface area contributed by atoms with Crippen molar-refractivity contribution in [2.45, 2.75) is 6.92 Å². The van der Waals surface area contributed by atoms with E-state index in [0.29, 0.717) is 17.7 Å². The largest absolute Gasteiger partial charge is 0.378 e. The summed E-state index contributed by atoms with van der Waals surface area (Å²) in [6, 6.07) is 0. The summed E-state index contributed by atoms with van der Waals surface area (Å²) in [7, 11) is 1.82. The highest BCUT2D eigenvalue weighted by atomic mass is 16.6. The number of likely N-dealkylation sites (N-methyl/N-ethyl adjacent to an activating group) is 1. The number of nitrogens with one attached hydrogen (secondary N) is 1. The van der Waals surface area contributed by atoms with Crippen LogP contribution in [-0.4, -0.2) is 23.5 Å². The van der Waals surface area contributed by atoms with E-state index in [0.717, 1.165) is 0 Å². The van der Waals surface area contributed by atoms with Gasteiger partial charge in [-0.25, -0.2) is 4.98 Å². The number of nitrogens with zero attached hydrogens (tertiary/aromatic N) is 2. The monoisotopic (exact) mass is 222 g/mol. The molecule has 0 aliphatic heterocycles. The third-order valence-electron chi connectivity index (χ3n) is 2.18. The molecule has 0 bridgehead atoms. The first-order valence-corrected chi connectivity index (χ1v) is 4.78. The average Bonchev–Trinajstić information content (AvgIpc) is 2.21. The van der Waals surface area contributed by atoms with Gasteiger partial charge in [-0.2, -0.15) is 0 Å². The predicted molar refractivity (Wildman–Crippen MR) is 63.0 cm³/mol. The molecule has 6 heteroatoms. The van der Waals surface area contributed by atoms with Gasteiger partial charge in [-0.15, -0.1) is 0 Å². The lowest BCUT2D eigenvalue weighted by atomic mass is 10.1. The Morgan fingerprint density at radius 2 is 2.38 bits per heavy atom. The molecule has 0 aromatic carbocycles. The maximum absolute atomic E-state index is 10.8. The first-order valence-electron chi connectivity index (χ1n) is 4.78. The fraction of sp³-hybridized carbons (Fsp3) is 0.300. The SMILES string of the molecule is CNCC=Cc1cnc(N)c([N+](=O)[O-])c1C. The first kappa shape index (κ1) is 12.1. The molecule has 3 N–H and O–H groups in total. The number of hydrogen-bond donors (Lipinski definition) is 2. The second kappa shape index (κ2) is 5.22. The van der Waals surface area contributed by atoms with E-state index in [1.807, 2.05) is 13.1 Å². The summed E-state index contributed by atoms with van der Waals surface area (Å²) < 4.78 is 0. The van der Waals surface area contributed by atoms with Crippen molar-refractivity contribution < 1.29 is 4.92 Å². The molecule has 0 spiro atoms. The molecular weight excluding hydrogens is 208 g/mol. The van der Waals surface area contributed by atoms with Gasteiger partial charge in [0.2, 0.25) is 5.82 Å². The Morgan fingerprint density at radius 3 is 2.94 bits per heavy atom. The van der Waals surface area contributed by atoms with Gasteiger partial charge in [-0.1, -0.05) is 12.2 Å². The molecular formula is C10H14N4O2. The minimum absolute atomic E-state index is 0.0479. The Bertz CT molecular complexity index is 429. The summed E-state index contributed by atoms with van der Waals surface area (Å²) in [5.74, 6) is -0.0479. The average molecular weight is 222 g/mol. The van der Waals surface area contributed by atoms with Crippen LogP contribution < -0.4 is 11.1 Å². The molecule has 0 saturated carbocycles. The minimum atomic E-state index is -0.507. The first-order chi connectivity index (χ1) is 7.57. The predicted octanol–water partition coefficient (Wildman–Crippen LogP) is 1.11. The highest BCUT2D eigenvalue weighted by Gasteiger charge is 2.18. The molecule has 0 aliphatic carbocycles. The number of anilines is 1. The van der Waals surface area contributed by atoms with Gasteiger partial charge >= 0.3 is 5.69 Å². The number of nitrogens with two attached hydrogens (primary N) is 1. The Hall–Kier alpha value is -1.95. The van der Waals surface area contributed by atoms with Crippen molar-refractivity contribution in [3.8, 4) is 0 Å². The van der Waals surface area contributed by atoms with Gasteiger partial charge < -0.3 is 11.1 Å². The molecule has 0 fully saturated rings. The lowest BCUT2D eigenvalue weighted by Crippen LogP contribution is -2.04. The van der Waals surface area contributed by atoms with Crippen LogP contribution in [0.1, 0.15) is 11.1 Å². The minimum Gasteiger partial charge on any atom is -0.378 e. The van der Waals surface area contributed by atoms with E-state index in [4.69, 9.17) is 5.73 Å². The molecule has 0 amide bonds. The van der Waals surface area contributed by atoms with Gasteiger partial charge in [0.05, 0.1) is 4.92 Å². The van der Waals surface area contributed by atoms with Gasteiger partial charge in [0.1, 0.15) is 0 Å². The third-order valence-corrected chi connectivity index (χ3v) is 2.18. The molecule has 0 atom stereocenters. The summed E-state index contributed by atoms with van der Waals surface area (Å²) >= 11 is 0. The highest BCUT2D eigenvalue weighted by Crippen LogP contribution is 2.26. The Balaban J connectivity index is 3.13. The zero-order valence-electron chi connectivity index (χ0n) is 9.23. The zero-order valence-corrected chi connectivity index (χ0v) is 9.23. The number of nitro groups is 1. The molecule has 0 saturated heterocycles. The van der Waals surface area contributed by atoms with Crippen LogP contribution in [0.4, 0.5) is 11.5 Å². The number of rotatable bonds is 4. The molecule has 1 aromatic rings. The molecule has 86 valence electrons. The van der Waals surface area contributed by atoms with Gasteiger partial charge in [0, 0.05) is 23.9 Å². The summed E-state index contributed by atoms with van der Waals surface area (Å²) in [6.07, 6.45) is 5.18. The van der Waals surface area contributed by atoms with E-state index in [9.17, 15) is 10.1 Å². The van der Waals surface area contributed by atoms with Gasteiger partial charge in [0.25, 0.3) is 0 Å². The van der Waals surface area contributed by atoms with Crippen molar-refractivity contribution in [2.24, 2.45) is 0 Å². The maximum Gasteiger partial charge on any atom is 0.314 e. The smallest absolute Gasteiger partial charge is 0.314 e. The van der Waals surface area contributed by atoms with Crippen molar-refractivity contribution >= 4 is 17.6 Å². The van der Waals surface area contributed by atoms with Crippen LogP contribution in [0.15, 0.2) is 12.3 Å². The van der Waals surface area contributed by atoms with Crippen LogP contribution in [0.3, 0.4) is 0 Å². The Labute approximate surface area is 93.3 Å². The summed E-state index contributed by atoms with van der Waals surface area (Å²) in [5, 5.41) is 13.7. The summed E-state index contributed by atoms with van der Waals surface area (Å²) in [5.41, 5.74) is 6.57. The standard InChI is InChI=1S/C10H14N4O2/c1-7-8(4-3-5-12-2)6-13-10(11)9(7)14(15)16/h3-4,6,12H,5H2,1-2H3,(H2,11,13). The number of aromatic nitrogens is 1. The maximum atomic E-state index is 10.8. The van der Waals surface area contributed by atoms with Crippen LogP contribution in [0.5, 0.6) is 0 Å². The van der Waals surface area contributed by atoms with Crippen molar-refractivity contribution in [1.82, 2.24) is 10.3 Å². The zero-order chi connectivity index (χ0) is 12.1. The molecule has 1 rings (SSSR count). The Kier molecular flexibility index (Phi) is 3.96. The fourth-order valence-corrected chi connectivity index (χ4v) is 1.33. The number of hydrogen-bond acceptors (Lipinski definition) is 5. The lowest BCUT2D eigenvalue weighted by Gasteiger charge is -2.03. The van der Waals surface area contributed by atoms with Crippen LogP contribution in [0.2, 0.25) is 0 Å². The van der Waals surface area contributed by atoms with E-state index in [-0.39, 0.29) is 11.5 Å². The number of pyridine rings is 1. The van der Waals surface area contributed by atoms with Gasteiger partial charge in [-0.05, 0) is 14.0 Å². The molecule has 16 heavy (non-hydrogen) atoms. The normalized spacial score (nSPS) is 10.9. The molecule has 0 radical (unpaired) electrons. The van der Waals surface area contributed by atoms with Crippen LogP contribution in [0, 0.1) is 17.0 Å². The van der Waals surface area contributed by atoms with E-state index in [1.165, 1.54) is 6.20 Å². The van der Waals surface area contributed by atoms with Crippen LogP contribution in [0.25, 0.3) is 6.08 Å². The van der Waals surface area contributed by atoms with E-state index < -0.39 is 4.92 Å². The van der Waals surface area contributed by atoms with E-state index in [1.54, 1.807) is 13.0 Å². The molecule has 0 unspecified atom stereocenters. The molecule has 0 aliphatic rings. The highest BCUT2D eigenvalue weighted by molar-refractivity contribution is 5.66. The molecule has 1 aromatic heterocycles. The summed E-state index contributed by atoms with van der Waals surface area (Å²) in [6.45, 7) is 2.35. The van der Waals surface area contributed by atoms with Crippen LogP contribution in [-0.2, 0) is 0 Å². The second-order valence-corrected chi connectivity index (χ2v) is 3.29. The van der Waals surface area contributed by atoms with E-state index >= 15 is 0 Å². The quantitative estimate of drug-likeness (QED) is 0.588. The van der Waals surface area contributed by atoms with E-state index in [2.05, 4.69) is 10.3 Å². The van der Waals surface area contributed by atoms with Crippen molar-refractivity contribution in [3.05, 3.63) is 33.5 Å². The van der Waals surface area contributed by atoms with Crippen molar-refractivity contribution in [1.29, 1.82) is 0 Å². The van der Waals surface area contributed by atoms with Gasteiger partial charge in [-0.3, -0.25) is 10.1 Å².